The minimum absolute atomic E-state index is 0.0870. The molecule has 2 aromatic heterocycles. The molecule has 1 saturated heterocycles. The summed E-state index contributed by atoms with van der Waals surface area (Å²) in [6, 6.07) is 10.3. The van der Waals surface area contributed by atoms with Gasteiger partial charge < -0.3 is 5.32 Å². The molecule has 1 aliphatic heterocycles. The highest BCUT2D eigenvalue weighted by molar-refractivity contribution is 9.26. The van der Waals surface area contributed by atoms with Gasteiger partial charge in [0.25, 0.3) is 5.91 Å². The van der Waals surface area contributed by atoms with Crippen molar-refractivity contribution in [3.63, 3.8) is 0 Å². The zero-order valence-electron chi connectivity index (χ0n) is 14.8. The quantitative estimate of drug-likeness (QED) is 0.379. The normalized spacial score (nSPS) is 20.3. The van der Waals surface area contributed by atoms with Crippen molar-refractivity contribution < 1.29 is 9.18 Å². The fourth-order valence-electron chi connectivity index (χ4n) is 3.90. The number of hydrogen-bond donors (Lipinski definition) is 1. The van der Waals surface area contributed by atoms with Gasteiger partial charge in [-0.15, -0.1) is 0 Å². The Balaban J connectivity index is 1.73. The van der Waals surface area contributed by atoms with Crippen molar-refractivity contribution in [2.45, 2.75) is 9.65 Å². The molecule has 1 aliphatic carbocycles. The predicted molar refractivity (Wildman–Crippen MR) is 122 cm³/mol. The molecule has 1 atom stereocenters. The van der Waals surface area contributed by atoms with Crippen molar-refractivity contribution in [1.29, 1.82) is 0 Å². The first-order valence-corrected chi connectivity index (χ1v) is 11.3. The van der Waals surface area contributed by atoms with E-state index in [4.69, 9.17) is 0 Å². The number of amides is 1. The van der Waals surface area contributed by atoms with Crippen LogP contribution in [-0.2, 0) is 4.79 Å². The number of aromatic nitrogens is 2. The zero-order chi connectivity index (χ0) is 20.3. The Morgan fingerprint density at radius 1 is 1.17 bits per heavy atom. The van der Waals surface area contributed by atoms with Crippen LogP contribution in [-0.4, -0.2) is 18.7 Å². The molecule has 1 amide bonds. The molecule has 1 N–H and O–H groups in total. The number of pyridine rings is 1. The van der Waals surface area contributed by atoms with Gasteiger partial charge in [-0.25, -0.2) is 9.37 Å². The second kappa shape index (κ2) is 6.89. The number of hydrogen-bond acceptors (Lipinski definition) is 2. The summed E-state index contributed by atoms with van der Waals surface area (Å²) in [5, 5.41) is 3.89. The average molecular weight is 582 g/mol. The Morgan fingerprint density at radius 3 is 2.69 bits per heavy atom. The van der Waals surface area contributed by atoms with Crippen molar-refractivity contribution in [3.8, 4) is 11.3 Å². The third kappa shape index (κ3) is 2.95. The van der Waals surface area contributed by atoms with Gasteiger partial charge >= 0.3 is 0 Å². The minimum atomic E-state index is -0.852. The van der Waals surface area contributed by atoms with Crippen molar-refractivity contribution in [2.24, 2.45) is 5.92 Å². The van der Waals surface area contributed by atoms with E-state index in [-0.39, 0.29) is 17.6 Å². The van der Waals surface area contributed by atoms with Crippen LogP contribution in [0.1, 0.15) is 6.42 Å². The molecule has 3 aromatic rings. The first-order valence-electron chi connectivity index (χ1n) is 8.89. The van der Waals surface area contributed by atoms with Gasteiger partial charge in [-0.3, -0.25) is 9.36 Å². The Morgan fingerprint density at radius 2 is 1.93 bits per heavy atom. The van der Waals surface area contributed by atoms with E-state index in [0.717, 1.165) is 38.2 Å². The van der Waals surface area contributed by atoms with Crippen molar-refractivity contribution >= 4 is 70.4 Å². The molecule has 4 nitrogen and oxygen atoms in total. The van der Waals surface area contributed by atoms with E-state index in [1.807, 2.05) is 24.3 Å². The summed E-state index contributed by atoms with van der Waals surface area (Å²) in [5.41, 5.74) is 4.44. The standard InChI is InChI=1S/C21H13Br3FN3O/c22-17-14-2-1-9-26-19(14)28(18(17)11-3-5-12(25)6-4-11)13-7-8-16-15(10-13)21(23,24)20(29)27-16/h1-9,15H,10H2,(H,27,29). The number of nitrogens with zero attached hydrogens (tertiary/aromatic N) is 2. The van der Waals surface area contributed by atoms with E-state index >= 15 is 0 Å². The van der Waals surface area contributed by atoms with Crippen LogP contribution in [0.2, 0.25) is 0 Å². The lowest BCUT2D eigenvalue weighted by Crippen LogP contribution is -2.29. The van der Waals surface area contributed by atoms with Crippen LogP contribution < -0.4 is 5.32 Å². The van der Waals surface area contributed by atoms with Crippen LogP contribution in [0.25, 0.3) is 28.0 Å². The van der Waals surface area contributed by atoms with Gasteiger partial charge in [-0.1, -0.05) is 31.9 Å². The van der Waals surface area contributed by atoms with E-state index in [1.165, 1.54) is 12.1 Å². The maximum Gasteiger partial charge on any atom is 0.252 e. The molecule has 0 spiro atoms. The van der Waals surface area contributed by atoms with Crippen molar-refractivity contribution in [1.82, 2.24) is 14.9 Å². The summed E-state index contributed by atoms with van der Waals surface area (Å²) in [6.07, 6.45) is 6.30. The average Bonchev–Trinajstić information content (AvgIpc) is 3.13. The van der Waals surface area contributed by atoms with Gasteiger partial charge in [0.1, 0.15) is 11.5 Å². The molecule has 1 fully saturated rings. The van der Waals surface area contributed by atoms with E-state index in [0.29, 0.717) is 6.42 Å². The Hall–Kier alpha value is -1.77. The maximum absolute atomic E-state index is 13.5. The lowest BCUT2D eigenvalue weighted by Gasteiger charge is -2.26. The van der Waals surface area contributed by atoms with Crippen LogP contribution in [0.15, 0.2) is 64.9 Å². The monoisotopic (exact) mass is 579 g/mol. The Labute approximate surface area is 191 Å². The number of benzene rings is 1. The second-order valence-corrected chi connectivity index (χ2v) is 11.4. The van der Waals surface area contributed by atoms with Gasteiger partial charge in [0.2, 0.25) is 0 Å². The lowest BCUT2D eigenvalue weighted by atomic mass is 9.94. The smallest absolute Gasteiger partial charge is 0.252 e. The number of halogens is 4. The van der Waals surface area contributed by atoms with Gasteiger partial charge in [0.15, 0.2) is 3.23 Å². The Kier molecular flexibility index (Phi) is 4.56. The van der Waals surface area contributed by atoms with Crippen LogP contribution in [0.5, 0.6) is 0 Å². The molecule has 5 rings (SSSR count). The van der Waals surface area contributed by atoms with Gasteiger partial charge in [-0.05, 0) is 76.5 Å². The summed E-state index contributed by atoms with van der Waals surface area (Å²) in [5.74, 6) is -0.483. The summed E-state index contributed by atoms with van der Waals surface area (Å²) >= 11 is 10.8. The number of carbonyl (C=O) groups excluding carboxylic acids is 1. The number of fused-ring (bicyclic) bond motifs is 2. The number of alkyl halides is 2. The molecule has 3 heterocycles. The SMILES string of the molecule is O=C1NC2=CC=C(n3c(-c4ccc(F)cc4)c(Br)c4cccnc43)CC2C1(Br)Br. The highest BCUT2D eigenvalue weighted by atomic mass is 79.9. The molecule has 0 bridgehead atoms. The zero-order valence-corrected chi connectivity index (χ0v) is 19.6. The van der Waals surface area contributed by atoms with Gasteiger partial charge in [-0.2, -0.15) is 0 Å². The minimum Gasteiger partial charge on any atom is -0.327 e. The van der Waals surface area contributed by atoms with Gasteiger partial charge in [0.05, 0.1) is 10.2 Å². The fourth-order valence-corrected chi connectivity index (χ4v) is 5.63. The molecule has 0 saturated carbocycles. The summed E-state index contributed by atoms with van der Waals surface area (Å²) in [7, 11) is 0. The van der Waals surface area contributed by atoms with Crippen LogP contribution in [0.3, 0.4) is 0 Å². The van der Waals surface area contributed by atoms with Crippen LogP contribution in [0, 0.1) is 11.7 Å². The topological polar surface area (TPSA) is 46.9 Å². The first-order chi connectivity index (χ1) is 13.9. The molecule has 2 aliphatic rings. The van der Waals surface area contributed by atoms with Crippen molar-refractivity contribution in [2.75, 3.05) is 0 Å². The highest BCUT2D eigenvalue weighted by Crippen LogP contribution is 2.50. The van der Waals surface area contributed by atoms with E-state index in [2.05, 4.69) is 62.7 Å². The molecule has 29 heavy (non-hydrogen) atoms. The van der Waals surface area contributed by atoms with E-state index in [9.17, 15) is 9.18 Å². The predicted octanol–water partition coefficient (Wildman–Crippen LogP) is 5.97. The summed E-state index contributed by atoms with van der Waals surface area (Å²) in [4.78, 5) is 16.9. The molecule has 1 unspecified atom stereocenters. The van der Waals surface area contributed by atoms with Gasteiger partial charge in [0, 0.05) is 28.9 Å². The second-order valence-electron chi connectivity index (χ2n) is 6.99. The number of allylic oxidation sites excluding steroid dienone is 4. The van der Waals surface area contributed by atoms with Crippen LogP contribution in [0.4, 0.5) is 4.39 Å². The number of carbonyl (C=O) groups is 1. The van der Waals surface area contributed by atoms with Crippen LogP contribution >= 0.6 is 47.8 Å². The largest absolute Gasteiger partial charge is 0.327 e. The third-order valence-electron chi connectivity index (χ3n) is 5.31. The lowest BCUT2D eigenvalue weighted by molar-refractivity contribution is -0.119. The van der Waals surface area contributed by atoms with E-state index in [1.54, 1.807) is 18.3 Å². The molecule has 8 heteroatoms. The molecule has 0 radical (unpaired) electrons. The van der Waals surface area contributed by atoms with E-state index < -0.39 is 3.23 Å². The number of rotatable bonds is 2. The molecule has 146 valence electrons. The Bertz CT molecular complexity index is 1230. The highest BCUT2D eigenvalue weighted by Gasteiger charge is 2.50. The molecular weight excluding hydrogens is 569 g/mol. The maximum atomic E-state index is 13.5. The molecule has 1 aromatic carbocycles. The summed E-state index contributed by atoms with van der Waals surface area (Å²) < 4.78 is 15.7. The third-order valence-corrected chi connectivity index (χ3v) is 7.94. The summed E-state index contributed by atoms with van der Waals surface area (Å²) in [6.45, 7) is 0. The first kappa shape index (κ1) is 19.2. The van der Waals surface area contributed by atoms with Crippen molar-refractivity contribution in [3.05, 3.63) is 70.7 Å². The fraction of sp³-hybridized carbons (Fsp3) is 0.143. The number of nitrogens with one attached hydrogen (secondary N) is 1. The molecular formula is C21H13Br3FN3O.